The molecule has 0 radical (unpaired) electrons. The minimum atomic E-state index is -4.46. The highest BCUT2D eigenvalue weighted by atomic mass is 19.4. The van der Waals surface area contributed by atoms with Crippen molar-refractivity contribution in [3.8, 4) is 11.1 Å². The summed E-state index contributed by atoms with van der Waals surface area (Å²) < 4.78 is 39.9. The van der Waals surface area contributed by atoms with Crippen LogP contribution in [0, 0.1) is 0 Å². The van der Waals surface area contributed by atoms with Crippen LogP contribution in [0.3, 0.4) is 0 Å². The van der Waals surface area contributed by atoms with E-state index in [0.717, 1.165) is 29.1 Å². The number of hydrogen-bond donors (Lipinski definition) is 1. The van der Waals surface area contributed by atoms with Gasteiger partial charge in [-0.05, 0) is 53.1 Å². The number of nitrogens with zero attached hydrogens (tertiary/aromatic N) is 2. The molecule has 4 aromatic rings. The second kappa shape index (κ2) is 9.85. The van der Waals surface area contributed by atoms with Crippen molar-refractivity contribution in [2.45, 2.75) is 25.2 Å². The lowest BCUT2D eigenvalue weighted by Crippen LogP contribution is -2.47. The highest BCUT2D eigenvalue weighted by molar-refractivity contribution is 6.01. The first-order valence-corrected chi connectivity index (χ1v) is 11.7. The summed E-state index contributed by atoms with van der Waals surface area (Å²) in [5.74, 6) is -0.330. The molecule has 1 amide bonds. The van der Waals surface area contributed by atoms with Crippen molar-refractivity contribution < 1.29 is 18.0 Å². The smallest absolute Gasteiger partial charge is 0.350 e. The van der Waals surface area contributed by atoms with E-state index in [0.29, 0.717) is 36.1 Å². The Balaban J connectivity index is 1.40. The Morgan fingerprint density at radius 2 is 1.72 bits per heavy atom. The Morgan fingerprint density at radius 1 is 0.944 bits per heavy atom. The molecule has 0 bridgehead atoms. The molecular formula is C29H24F3N3O. The number of hydrogen-bond acceptors (Lipinski definition) is 3. The molecule has 4 nitrogen and oxygen atoms in total. The van der Waals surface area contributed by atoms with Gasteiger partial charge in [-0.2, -0.15) is 13.2 Å². The standard InChI is InChI=1S/C29H24F3N3O/c30-29(31,32)22-10-7-9-20(18-22)24-12-2-3-13-25(24)28(36)34-27-19-21-8-1-4-14-26(21)35(27)17-15-23-11-5-6-16-33-23/h1-14,16,18,27H,15,17,19H2,(H,34,36). The zero-order valence-corrected chi connectivity index (χ0v) is 19.4. The van der Waals surface area contributed by atoms with Gasteiger partial charge < -0.3 is 10.2 Å². The first-order chi connectivity index (χ1) is 17.4. The van der Waals surface area contributed by atoms with Crippen molar-refractivity contribution in [1.29, 1.82) is 0 Å². The van der Waals surface area contributed by atoms with E-state index in [-0.39, 0.29) is 12.1 Å². The molecule has 1 N–H and O–H groups in total. The number of carbonyl (C=O) groups is 1. The lowest BCUT2D eigenvalue weighted by Gasteiger charge is -2.28. The molecule has 1 aromatic heterocycles. The third-order valence-electron chi connectivity index (χ3n) is 6.40. The number of anilines is 1. The van der Waals surface area contributed by atoms with Crippen molar-refractivity contribution >= 4 is 11.6 Å². The number of carbonyl (C=O) groups excluding carboxylic acids is 1. The zero-order valence-electron chi connectivity index (χ0n) is 19.4. The lowest BCUT2D eigenvalue weighted by molar-refractivity contribution is -0.137. The number of pyridine rings is 1. The maximum atomic E-state index is 13.5. The number of nitrogens with one attached hydrogen (secondary N) is 1. The summed E-state index contributed by atoms with van der Waals surface area (Å²) in [6.45, 7) is 0.661. The summed E-state index contributed by atoms with van der Waals surface area (Å²) in [5.41, 5.74) is 3.54. The topological polar surface area (TPSA) is 45.2 Å². The lowest BCUT2D eigenvalue weighted by atomic mass is 9.97. The summed E-state index contributed by atoms with van der Waals surface area (Å²) in [4.78, 5) is 20.0. The fraction of sp³-hybridized carbons (Fsp3) is 0.172. The summed E-state index contributed by atoms with van der Waals surface area (Å²) in [7, 11) is 0. The fourth-order valence-corrected chi connectivity index (χ4v) is 4.66. The number of amides is 1. The van der Waals surface area contributed by atoms with Crippen LogP contribution in [0.1, 0.15) is 27.2 Å². The van der Waals surface area contributed by atoms with Gasteiger partial charge in [-0.1, -0.05) is 54.6 Å². The quantitative estimate of drug-likeness (QED) is 0.356. The van der Waals surface area contributed by atoms with Crippen molar-refractivity contribution in [1.82, 2.24) is 10.3 Å². The second-order valence-corrected chi connectivity index (χ2v) is 8.71. The van der Waals surface area contributed by atoms with E-state index in [2.05, 4.69) is 15.2 Å². The maximum Gasteiger partial charge on any atom is 0.416 e. The number of fused-ring (bicyclic) bond motifs is 1. The van der Waals surface area contributed by atoms with Gasteiger partial charge in [-0.25, -0.2) is 0 Å². The Labute approximate surface area is 207 Å². The van der Waals surface area contributed by atoms with Crippen LogP contribution < -0.4 is 10.2 Å². The minimum absolute atomic E-state index is 0.284. The zero-order chi connectivity index (χ0) is 25.1. The predicted octanol–water partition coefficient (Wildman–Crippen LogP) is 6.13. The van der Waals surface area contributed by atoms with Crippen LogP contribution in [0.15, 0.2) is 97.2 Å². The highest BCUT2D eigenvalue weighted by Gasteiger charge is 2.32. The largest absolute Gasteiger partial charge is 0.416 e. The molecule has 5 rings (SSSR count). The molecule has 2 heterocycles. The van der Waals surface area contributed by atoms with E-state index in [4.69, 9.17) is 0 Å². The van der Waals surface area contributed by atoms with E-state index in [9.17, 15) is 18.0 Å². The Hall–Kier alpha value is -4.13. The molecule has 0 aliphatic carbocycles. The van der Waals surface area contributed by atoms with Crippen LogP contribution in [0.4, 0.5) is 18.9 Å². The van der Waals surface area contributed by atoms with Crippen LogP contribution in [0.5, 0.6) is 0 Å². The molecule has 0 saturated carbocycles. The third kappa shape index (κ3) is 4.96. The van der Waals surface area contributed by atoms with Gasteiger partial charge in [0.1, 0.15) is 6.17 Å². The van der Waals surface area contributed by atoms with Crippen LogP contribution in [0.2, 0.25) is 0 Å². The number of halogens is 3. The molecule has 1 aliphatic heterocycles. The van der Waals surface area contributed by atoms with Gasteiger partial charge in [0, 0.05) is 42.5 Å². The maximum absolute atomic E-state index is 13.5. The SMILES string of the molecule is O=C(NC1Cc2ccccc2N1CCc1ccccn1)c1ccccc1-c1cccc(C(F)(F)F)c1. The molecule has 1 unspecified atom stereocenters. The molecule has 1 atom stereocenters. The first kappa shape index (κ1) is 23.6. The second-order valence-electron chi connectivity index (χ2n) is 8.71. The van der Waals surface area contributed by atoms with Gasteiger partial charge in [0.05, 0.1) is 5.56 Å². The molecule has 36 heavy (non-hydrogen) atoms. The number of rotatable bonds is 6. The van der Waals surface area contributed by atoms with E-state index < -0.39 is 11.7 Å². The molecule has 1 aliphatic rings. The summed E-state index contributed by atoms with van der Waals surface area (Å²) in [5, 5.41) is 3.13. The average Bonchev–Trinajstić information content (AvgIpc) is 3.24. The van der Waals surface area contributed by atoms with Crippen LogP contribution in [0.25, 0.3) is 11.1 Å². The molecule has 0 spiro atoms. The Bertz CT molecular complexity index is 1370. The van der Waals surface area contributed by atoms with Crippen molar-refractivity contribution in [3.63, 3.8) is 0 Å². The van der Waals surface area contributed by atoms with E-state index >= 15 is 0 Å². The normalized spacial score (nSPS) is 15.0. The van der Waals surface area contributed by atoms with Crippen LogP contribution >= 0.6 is 0 Å². The Kier molecular flexibility index (Phi) is 6.46. The van der Waals surface area contributed by atoms with Crippen molar-refractivity contribution in [2.24, 2.45) is 0 Å². The van der Waals surface area contributed by atoms with E-state index in [1.54, 1.807) is 36.5 Å². The molecule has 7 heteroatoms. The molecular weight excluding hydrogens is 463 g/mol. The molecule has 182 valence electrons. The van der Waals surface area contributed by atoms with E-state index in [1.807, 2.05) is 42.5 Å². The minimum Gasteiger partial charge on any atom is -0.350 e. The number of alkyl halides is 3. The van der Waals surface area contributed by atoms with Crippen molar-refractivity contribution in [3.05, 3.63) is 120 Å². The highest BCUT2D eigenvalue weighted by Crippen LogP contribution is 2.34. The van der Waals surface area contributed by atoms with Gasteiger partial charge in [0.2, 0.25) is 0 Å². The summed E-state index contributed by atoms with van der Waals surface area (Å²) in [6.07, 6.45) is -1.64. The van der Waals surface area contributed by atoms with Gasteiger partial charge in [-0.15, -0.1) is 0 Å². The van der Waals surface area contributed by atoms with Crippen LogP contribution in [-0.2, 0) is 19.0 Å². The van der Waals surface area contributed by atoms with E-state index in [1.165, 1.54) is 6.07 Å². The fourth-order valence-electron chi connectivity index (χ4n) is 4.66. The number of benzene rings is 3. The van der Waals surface area contributed by atoms with Crippen LogP contribution in [-0.4, -0.2) is 23.6 Å². The van der Waals surface area contributed by atoms with Gasteiger partial charge in [0.25, 0.3) is 5.91 Å². The van der Waals surface area contributed by atoms with Gasteiger partial charge >= 0.3 is 6.18 Å². The number of aromatic nitrogens is 1. The molecule has 0 saturated heterocycles. The monoisotopic (exact) mass is 487 g/mol. The third-order valence-corrected chi connectivity index (χ3v) is 6.40. The van der Waals surface area contributed by atoms with Crippen molar-refractivity contribution in [2.75, 3.05) is 11.4 Å². The number of para-hydroxylation sites is 1. The first-order valence-electron chi connectivity index (χ1n) is 11.7. The summed E-state index contributed by atoms with van der Waals surface area (Å²) in [6, 6.07) is 25.6. The average molecular weight is 488 g/mol. The molecule has 3 aromatic carbocycles. The summed E-state index contributed by atoms with van der Waals surface area (Å²) >= 11 is 0. The molecule has 0 fully saturated rings. The van der Waals surface area contributed by atoms with Gasteiger partial charge in [-0.3, -0.25) is 9.78 Å². The Morgan fingerprint density at radius 3 is 2.53 bits per heavy atom. The van der Waals surface area contributed by atoms with Gasteiger partial charge in [0.15, 0.2) is 0 Å². The predicted molar refractivity (Wildman–Crippen MR) is 134 cm³/mol.